The van der Waals surface area contributed by atoms with E-state index in [4.69, 9.17) is 11.6 Å². The van der Waals surface area contributed by atoms with Gasteiger partial charge in [-0.15, -0.1) is 0 Å². The number of benzene rings is 2. The van der Waals surface area contributed by atoms with Crippen molar-refractivity contribution in [2.45, 2.75) is 0 Å². The lowest BCUT2D eigenvalue weighted by Crippen LogP contribution is -2.08. The zero-order valence-electron chi connectivity index (χ0n) is 9.18. The van der Waals surface area contributed by atoms with E-state index in [1.807, 2.05) is 0 Å². The van der Waals surface area contributed by atoms with Gasteiger partial charge in [-0.2, -0.15) is 0 Å². The van der Waals surface area contributed by atoms with Crippen LogP contribution in [0.5, 0.6) is 0 Å². The fourth-order valence-electron chi connectivity index (χ4n) is 1.53. The molecular formula is C13H5BrClF3O. The van der Waals surface area contributed by atoms with Crippen molar-refractivity contribution in [3.05, 3.63) is 68.4 Å². The van der Waals surface area contributed by atoms with Crippen molar-refractivity contribution < 1.29 is 18.0 Å². The van der Waals surface area contributed by atoms with Gasteiger partial charge in [0.05, 0.1) is 16.1 Å². The number of hydrogen-bond acceptors (Lipinski definition) is 1. The van der Waals surface area contributed by atoms with Crippen molar-refractivity contribution in [2.75, 3.05) is 0 Å². The van der Waals surface area contributed by atoms with Crippen LogP contribution >= 0.6 is 27.5 Å². The maximum atomic E-state index is 13.8. The summed E-state index contributed by atoms with van der Waals surface area (Å²) in [6.07, 6.45) is 0. The largest absolute Gasteiger partial charge is 0.288 e. The molecule has 0 saturated heterocycles. The molecule has 0 atom stereocenters. The molecule has 0 heterocycles. The van der Waals surface area contributed by atoms with Crippen molar-refractivity contribution >= 4 is 33.3 Å². The summed E-state index contributed by atoms with van der Waals surface area (Å²) in [6.45, 7) is 0. The maximum Gasteiger partial charge on any atom is 0.199 e. The topological polar surface area (TPSA) is 17.1 Å². The molecule has 0 unspecified atom stereocenters. The number of carbonyl (C=O) groups is 1. The van der Waals surface area contributed by atoms with E-state index in [0.29, 0.717) is 0 Å². The number of carbonyl (C=O) groups excluding carboxylic acids is 1. The molecule has 1 nitrogen and oxygen atoms in total. The second-order valence-corrected chi connectivity index (χ2v) is 4.89. The highest BCUT2D eigenvalue weighted by Crippen LogP contribution is 2.29. The quantitative estimate of drug-likeness (QED) is 0.565. The first kappa shape index (κ1) is 14.1. The maximum absolute atomic E-state index is 13.8. The molecule has 0 aliphatic heterocycles. The van der Waals surface area contributed by atoms with Crippen LogP contribution in [0.3, 0.4) is 0 Å². The molecule has 0 saturated carbocycles. The van der Waals surface area contributed by atoms with Crippen LogP contribution in [0.15, 0.2) is 34.8 Å². The van der Waals surface area contributed by atoms with Gasteiger partial charge in [0.15, 0.2) is 23.2 Å². The third-order valence-electron chi connectivity index (χ3n) is 2.48. The number of ketones is 1. The van der Waals surface area contributed by atoms with E-state index in [9.17, 15) is 18.0 Å². The Morgan fingerprint density at radius 2 is 1.63 bits per heavy atom. The summed E-state index contributed by atoms with van der Waals surface area (Å²) in [5.41, 5.74) is -0.963. The number of hydrogen-bond donors (Lipinski definition) is 0. The average molecular weight is 350 g/mol. The Kier molecular flexibility index (Phi) is 3.96. The molecule has 0 bridgehead atoms. The van der Waals surface area contributed by atoms with Crippen LogP contribution in [-0.4, -0.2) is 5.78 Å². The van der Waals surface area contributed by atoms with Gasteiger partial charge in [0, 0.05) is 4.47 Å². The van der Waals surface area contributed by atoms with E-state index >= 15 is 0 Å². The summed E-state index contributed by atoms with van der Waals surface area (Å²) >= 11 is 8.64. The second kappa shape index (κ2) is 5.35. The minimum absolute atomic E-state index is 0.267. The molecule has 6 heteroatoms. The highest BCUT2D eigenvalue weighted by atomic mass is 79.9. The Hall–Kier alpha value is -1.33. The normalized spacial score (nSPS) is 10.6. The van der Waals surface area contributed by atoms with Crippen molar-refractivity contribution in [1.29, 1.82) is 0 Å². The Bertz CT molecular complexity index is 673. The molecule has 0 radical (unpaired) electrons. The van der Waals surface area contributed by atoms with E-state index in [2.05, 4.69) is 15.9 Å². The van der Waals surface area contributed by atoms with Crippen LogP contribution in [-0.2, 0) is 0 Å². The SMILES string of the molecule is O=C(c1cccc(F)c1F)c1ccc(Br)c(Cl)c1F. The van der Waals surface area contributed by atoms with Crippen molar-refractivity contribution in [3.8, 4) is 0 Å². The van der Waals surface area contributed by atoms with Gasteiger partial charge in [0.25, 0.3) is 0 Å². The van der Waals surface area contributed by atoms with E-state index in [1.54, 1.807) is 0 Å². The van der Waals surface area contributed by atoms with E-state index in [-0.39, 0.29) is 9.50 Å². The number of rotatable bonds is 2. The Morgan fingerprint density at radius 3 is 2.32 bits per heavy atom. The molecule has 0 amide bonds. The first-order valence-electron chi connectivity index (χ1n) is 5.05. The summed E-state index contributed by atoms with van der Waals surface area (Å²) in [5, 5.41) is -0.289. The predicted octanol–water partition coefficient (Wildman–Crippen LogP) is 4.75. The summed E-state index contributed by atoms with van der Waals surface area (Å²) in [6, 6.07) is 5.63. The summed E-state index contributed by atoms with van der Waals surface area (Å²) in [5.74, 6) is -4.44. The van der Waals surface area contributed by atoms with Crippen LogP contribution in [0, 0.1) is 17.5 Å². The van der Waals surface area contributed by atoms with Gasteiger partial charge in [-0.3, -0.25) is 4.79 Å². The summed E-state index contributed by atoms with van der Waals surface area (Å²) in [7, 11) is 0. The monoisotopic (exact) mass is 348 g/mol. The van der Waals surface area contributed by atoms with Crippen molar-refractivity contribution in [2.24, 2.45) is 0 Å². The van der Waals surface area contributed by atoms with Crippen LogP contribution in [0.25, 0.3) is 0 Å². The molecule has 98 valence electrons. The van der Waals surface area contributed by atoms with Gasteiger partial charge in [0.2, 0.25) is 0 Å². The van der Waals surface area contributed by atoms with Gasteiger partial charge < -0.3 is 0 Å². The Balaban J connectivity index is 2.57. The minimum Gasteiger partial charge on any atom is -0.288 e. The van der Waals surface area contributed by atoms with Crippen molar-refractivity contribution in [1.82, 2.24) is 0 Å². The minimum atomic E-state index is -1.31. The average Bonchev–Trinajstić information content (AvgIpc) is 2.39. The third kappa shape index (κ3) is 2.53. The Morgan fingerprint density at radius 1 is 1.00 bits per heavy atom. The smallest absolute Gasteiger partial charge is 0.199 e. The lowest BCUT2D eigenvalue weighted by molar-refractivity contribution is 0.103. The van der Waals surface area contributed by atoms with Gasteiger partial charge in [0.1, 0.15) is 0 Å². The fourth-order valence-corrected chi connectivity index (χ4v) is 2.00. The second-order valence-electron chi connectivity index (χ2n) is 3.65. The predicted molar refractivity (Wildman–Crippen MR) is 68.9 cm³/mol. The van der Waals surface area contributed by atoms with Crippen LogP contribution in [0.4, 0.5) is 13.2 Å². The standard InChI is InChI=1S/C13H5BrClF3O/c14-8-5-4-7(12(18)10(8)15)13(19)6-2-1-3-9(16)11(6)17/h1-5H. The molecule has 0 aliphatic carbocycles. The molecular weight excluding hydrogens is 344 g/mol. The first-order valence-corrected chi connectivity index (χ1v) is 6.22. The third-order valence-corrected chi connectivity index (χ3v) is 3.73. The van der Waals surface area contributed by atoms with E-state index in [1.165, 1.54) is 12.1 Å². The lowest BCUT2D eigenvalue weighted by Gasteiger charge is -2.06. The molecule has 2 aromatic rings. The van der Waals surface area contributed by atoms with Crippen LogP contribution in [0.1, 0.15) is 15.9 Å². The molecule has 0 fully saturated rings. The van der Waals surface area contributed by atoms with Crippen molar-refractivity contribution in [3.63, 3.8) is 0 Å². The summed E-state index contributed by atoms with van der Waals surface area (Å²) < 4.78 is 40.6. The van der Waals surface area contributed by atoms with Gasteiger partial charge >= 0.3 is 0 Å². The Labute approximate surface area is 120 Å². The van der Waals surface area contributed by atoms with Gasteiger partial charge in [-0.1, -0.05) is 17.7 Å². The molecule has 0 aliphatic rings. The molecule has 0 spiro atoms. The molecule has 0 N–H and O–H groups in total. The molecule has 19 heavy (non-hydrogen) atoms. The highest BCUT2D eigenvalue weighted by molar-refractivity contribution is 9.10. The lowest BCUT2D eigenvalue weighted by atomic mass is 10.0. The number of halogens is 5. The molecule has 2 aromatic carbocycles. The van der Waals surface area contributed by atoms with Crippen LogP contribution in [0.2, 0.25) is 5.02 Å². The van der Waals surface area contributed by atoms with Crippen LogP contribution < -0.4 is 0 Å². The molecule has 2 rings (SSSR count). The van der Waals surface area contributed by atoms with Gasteiger partial charge in [-0.25, -0.2) is 13.2 Å². The fraction of sp³-hybridized carbons (Fsp3) is 0. The summed E-state index contributed by atoms with van der Waals surface area (Å²) in [4.78, 5) is 12.0. The molecule has 0 aromatic heterocycles. The first-order chi connectivity index (χ1) is 8.93. The van der Waals surface area contributed by atoms with E-state index < -0.39 is 34.4 Å². The zero-order chi connectivity index (χ0) is 14.2. The highest BCUT2D eigenvalue weighted by Gasteiger charge is 2.21. The zero-order valence-corrected chi connectivity index (χ0v) is 11.5. The van der Waals surface area contributed by atoms with E-state index in [0.717, 1.165) is 18.2 Å². The van der Waals surface area contributed by atoms with Gasteiger partial charge in [-0.05, 0) is 40.2 Å².